The molecule has 8 nitrogen and oxygen atoms in total. The smallest absolute Gasteiger partial charge is 0.295 e. The zero-order valence-corrected chi connectivity index (χ0v) is 19.0. The molecule has 0 fully saturated rings. The number of carbonyl (C=O) groups is 1. The fraction of sp³-hybridized carbons (Fsp3) is 0.238. The van der Waals surface area contributed by atoms with E-state index in [0.29, 0.717) is 17.3 Å². The first-order valence-electron chi connectivity index (χ1n) is 9.63. The molecule has 4 rings (SSSR count). The van der Waals surface area contributed by atoms with Crippen LogP contribution in [-0.2, 0) is 25.3 Å². The standard InChI is InChI=1S/C21H22N6O2S2/c1-14-19(20(29)27(26(14)3)15-8-5-4-6-9-15)22-18(28)13-31-21-24-23-17(25(21)2)12-16-10-7-11-30-16/h4-11H,12-13H2,1-3H3,(H,22,28). The average Bonchev–Trinajstić information content (AvgIpc) is 3.45. The summed E-state index contributed by atoms with van der Waals surface area (Å²) in [6.45, 7) is 1.81. The largest absolute Gasteiger partial charge is 0.319 e. The van der Waals surface area contributed by atoms with Gasteiger partial charge in [0.25, 0.3) is 5.56 Å². The Balaban J connectivity index is 1.44. The fourth-order valence-corrected chi connectivity index (χ4v) is 4.64. The first-order valence-corrected chi connectivity index (χ1v) is 11.5. The zero-order chi connectivity index (χ0) is 22.0. The highest BCUT2D eigenvalue weighted by molar-refractivity contribution is 7.99. The second kappa shape index (κ2) is 8.94. The van der Waals surface area contributed by atoms with Crippen LogP contribution in [0.15, 0.2) is 57.8 Å². The molecule has 0 aliphatic rings. The molecule has 1 N–H and O–H groups in total. The normalized spacial score (nSPS) is 11.1. The summed E-state index contributed by atoms with van der Waals surface area (Å²) in [7, 11) is 3.69. The van der Waals surface area contributed by atoms with Crippen LogP contribution in [0.1, 0.15) is 16.4 Å². The van der Waals surface area contributed by atoms with Crippen LogP contribution in [-0.4, -0.2) is 35.8 Å². The fourth-order valence-electron chi connectivity index (χ4n) is 3.21. The van der Waals surface area contributed by atoms with Gasteiger partial charge >= 0.3 is 0 Å². The number of para-hydroxylation sites is 1. The number of thiophene rings is 1. The molecule has 1 amide bonds. The molecule has 0 saturated heterocycles. The number of rotatable bonds is 7. The van der Waals surface area contributed by atoms with Crippen molar-refractivity contribution in [2.45, 2.75) is 18.5 Å². The summed E-state index contributed by atoms with van der Waals surface area (Å²) in [5, 5.41) is 13.9. The average molecular weight is 455 g/mol. The lowest BCUT2D eigenvalue weighted by Gasteiger charge is -2.07. The third-order valence-corrected chi connectivity index (χ3v) is 6.89. The Morgan fingerprint density at radius 3 is 2.61 bits per heavy atom. The van der Waals surface area contributed by atoms with Crippen molar-refractivity contribution in [3.05, 3.63) is 74.6 Å². The van der Waals surface area contributed by atoms with E-state index in [1.807, 2.05) is 60.3 Å². The molecule has 0 atom stereocenters. The third kappa shape index (κ3) is 4.35. The van der Waals surface area contributed by atoms with Crippen LogP contribution in [0.25, 0.3) is 5.69 Å². The molecule has 0 saturated carbocycles. The van der Waals surface area contributed by atoms with E-state index in [4.69, 9.17) is 0 Å². The van der Waals surface area contributed by atoms with Gasteiger partial charge < -0.3 is 9.88 Å². The minimum absolute atomic E-state index is 0.129. The van der Waals surface area contributed by atoms with Gasteiger partial charge in [0.05, 0.1) is 17.1 Å². The topological polar surface area (TPSA) is 86.7 Å². The van der Waals surface area contributed by atoms with Gasteiger partial charge in [-0.15, -0.1) is 21.5 Å². The van der Waals surface area contributed by atoms with Crippen LogP contribution in [0.4, 0.5) is 5.69 Å². The number of hydrogen-bond acceptors (Lipinski definition) is 6. The number of amides is 1. The molecule has 3 heterocycles. The van der Waals surface area contributed by atoms with E-state index in [1.54, 1.807) is 23.1 Å². The Labute approximate surface area is 187 Å². The molecular weight excluding hydrogens is 432 g/mol. The Morgan fingerprint density at radius 2 is 1.90 bits per heavy atom. The summed E-state index contributed by atoms with van der Waals surface area (Å²) in [6.07, 6.45) is 0.705. The monoisotopic (exact) mass is 454 g/mol. The van der Waals surface area contributed by atoms with Crippen LogP contribution >= 0.6 is 23.1 Å². The van der Waals surface area contributed by atoms with Crippen molar-refractivity contribution in [1.82, 2.24) is 24.1 Å². The van der Waals surface area contributed by atoms with Crippen molar-refractivity contribution < 1.29 is 4.79 Å². The lowest BCUT2D eigenvalue weighted by molar-refractivity contribution is -0.113. The molecule has 0 spiro atoms. The van der Waals surface area contributed by atoms with E-state index in [2.05, 4.69) is 21.6 Å². The van der Waals surface area contributed by atoms with Gasteiger partial charge in [0.15, 0.2) is 5.16 Å². The molecule has 31 heavy (non-hydrogen) atoms. The molecule has 0 aliphatic heterocycles. The van der Waals surface area contributed by atoms with E-state index in [0.717, 1.165) is 11.5 Å². The maximum absolute atomic E-state index is 12.9. The summed E-state index contributed by atoms with van der Waals surface area (Å²) < 4.78 is 5.17. The van der Waals surface area contributed by atoms with E-state index in [-0.39, 0.29) is 22.9 Å². The molecular formula is C21H22N6O2S2. The van der Waals surface area contributed by atoms with Crippen molar-refractivity contribution >= 4 is 34.7 Å². The predicted molar refractivity (Wildman–Crippen MR) is 123 cm³/mol. The minimum Gasteiger partial charge on any atom is -0.319 e. The summed E-state index contributed by atoms with van der Waals surface area (Å²) in [6, 6.07) is 13.4. The number of carbonyl (C=O) groups excluding carboxylic acids is 1. The van der Waals surface area contributed by atoms with Crippen molar-refractivity contribution in [3.63, 3.8) is 0 Å². The summed E-state index contributed by atoms with van der Waals surface area (Å²) in [5.74, 6) is 0.707. The van der Waals surface area contributed by atoms with Crippen LogP contribution in [0.2, 0.25) is 0 Å². The van der Waals surface area contributed by atoms with Gasteiger partial charge in [-0.2, -0.15) is 0 Å². The number of benzene rings is 1. The van der Waals surface area contributed by atoms with Crippen molar-refractivity contribution in [2.24, 2.45) is 14.1 Å². The summed E-state index contributed by atoms with van der Waals surface area (Å²) in [4.78, 5) is 26.7. The molecule has 10 heteroatoms. The highest BCUT2D eigenvalue weighted by Crippen LogP contribution is 2.20. The summed E-state index contributed by atoms with van der Waals surface area (Å²) in [5.41, 5.74) is 1.45. The first kappa shape index (κ1) is 21.1. The highest BCUT2D eigenvalue weighted by atomic mass is 32.2. The van der Waals surface area contributed by atoms with Gasteiger partial charge in [-0.3, -0.25) is 14.3 Å². The zero-order valence-electron chi connectivity index (χ0n) is 17.4. The molecule has 0 radical (unpaired) electrons. The Kier molecular flexibility index (Phi) is 6.10. The van der Waals surface area contributed by atoms with Gasteiger partial charge in [0.1, 0.15) is 11.5 Å². The van der Waals surface area contributed by atoms with Gasteiger partial charge in [-0.1, -0.05) is 36.0 Å². The lowest BCUT2D eigenvalue weighted by atomic mass is 10.3. The van der Waals surface area contributed by atoms with Gasteiger partial charge in [-0.05, 0) is 30.5 Å². The van der Waals surface area contributed by atoms with Crippen LogP contribution < -0.4 is 10.9 Å². The second-order valence-electron chi connectivity index (χ2n) is 6.99. The van der Waals surface area contributed by atoms with E-state index >= 15 is 0 Å². The Morgan fingerprint density at radius 1 is 1.13 bits per heavy atom. The van der Waals surface area contributed by atoms with Crippen LogP contribution in [0, 0.1) is 6.92 Å². The number of nitrogens with zero attached hydrogens (tertiary/aromatic N) is 5. The number of anilines is 1. The summed E-state index contributed by atoms with van der Waals surface area (Å²) >= 11 is 2.97. The van der Waals surface area contributed by atoms with Crippen molar-refractivity contribution in [3.8, 4) is 5.69 Å². The molecule has 3 aromatic heterocycles. The van der Waals surface area contributed by atoms with Crippen molar-refractivity contribution in [1.29, 1.82) is 0 Å². The lowest BCUT2D eigenvalue weighted by Crippen LogP contribution is -2.23. The Bertz CT molecular complexity index is 1260. The predicted octanol–water partition coefficient (Wildman–Crippen LogP) is 3.00. The molecule has 160 valence electrons. The Hall–Kier alpha value is -3.11. The highest BCUT2D eigenvalue weighted by Gasteiger charge is 2.19. The van der Waals surface area contributed by atoms with Crippen LogP contribution in [0.5, 0.6) is 0 Å². The van der Waals surface area contributed by atoms with E-state index in [9.17, 15) is 9.59 Å². The molecule has 0 aliphatic carbocycles. The number of nitrogens with one attached hydrogen (secondary N) is 1. The second-order valence-corrected chi connectivity index (χ2v) is 8.96. The quantitative estimate of drug-likeness (QED) is 0.434. The maximum Gasteiger partial charge on any atom is 0.295 e. The number of thioether (sulfide) groups is 1. The van der Waals surface area contributed by atoms with E-state index < -0.39 is 0 Å². The third-order valence-electron chi connectivity index (χ3n) is 4.99. The number of hydrogen-bond donors (Lipinski definition) is 1. The maximum atomic E-state index is 12.9. The van der Waals surface area contributed by atoms with Gasteiger partial charge in [0.2, 0.25) is 5.91 Å². The van der Waals surface area contributed by atoms with Crippen molar-refractivity contribution in [2.75, 3.05) is 11.1 Å². The van der Waals surface area contributed by atoms with Crippen LogP contribution in [0.3, 0.4) is 0 Å². The van der Waals surface area contributed by atoms with Gasteiger partial charge in [0, 0.05) is 25.4 Å². The molecule has 4 aromatic rings. The molecule has 0 unspecified atom stereocenters. The molecule has 1 aromatic carbocycles. The first-order chi connectivity index (χ1) is 15.0. The number of aromatic nitrogens is 5. The SMILES string of the molecule is Cc1c(NC(=O)CSc2nnc(Cc3cccs3)n2C)c(=O)n(-c2ccccc2)n1C. The van der Waals surface area contributed by atoms with E-state index in [1.165, 1.54) is 21.3 Å². The molecule has 0 bridgehead atoms. The van der Waals surface area contributed by atoms with Gasteiger partial charge in [-0.25, -0.2) is 4.68 Å². The minimum atomic E-state index is -0.265.